The molecule has 2 aliphatic rings. The van der Waals surface area contributed by atoms with Crippen molar-refractivity contribution in [2.45, 2.75) is 45.1 Å². The van der Waals surface area contributed by atoms with Crippen molar-refractivity contribution < 1.29 is 9.53 Å². The number of carbonyl (C=O) groups excluding carboxylic acids is 1. The van der Waals surface area contributed by atoms with Gasteiger partial charge in [-0.05, 0) is 38.5 Å². The van der Waals surface area contributed by atoms with Gasteiger partial charge in [-0.1, -0.05) is 0 Å². The van der Waals surface area contributed by atoms with E-state index in [0.29, 0.717) is 17.9 Å². The largest absolute Gasteiger partial charge is 0.381 e. The number of likely N-dealkylation sites (tertiary alicyclic amines) is 1. The first-order valence-electron chi connectivity index (χ1n) is 6.14. The lowest BCUT2D eigenvalue weighted by molar-refractivity contribution is -0.133. The maximum atomic E-state index is 12.0. The van der Waals surface area contributed by atoms with Crippen molar-refractivity contribution in [2.75, 3.05) is 19.8 Å². The molecule has 0 aliphatic carbocycles. The van der Waals surface area contributed by atoms with Crippen molar-refractivity contribution in [3.8, 4) is 0 Å². The fourth-order valence-corrected chi connectivity index (χ4v) is 2.62. The second-order valence-electron chi connectivity index (χ2n) is 4.84. The van der Waals surface area contributed by atoms with E-state index in [-0.39, 0.29) is 0 Å². The quantitative estimate of drug-likeness (QED) is 0.697. The lowest BCUT2D eigenvalue weighted by Gasteiger charge is -2.26. The van der Waals surface area contributed by atoms with Crippen molar-refractivity contribution >= 4 is 5.91 Å². The molecule has 3 nitrogen and oxygen atoms in total. The van der Waals surface area contributed by atoms with E-state index in [2.05, 4.69) is 11.8 Å². The van der Waals surface area contributed by atoms with Crippen LogP contribution in [0.1, 0.15) is 39.0 Å². The number of amides is 1. The molecule has 3 heteroatoms. The fourth-order valence-electron chi connectivity index (χ4n) is 2.62. The lowest BCUT2D eigenvalue weighted by atomic mass is 9.96. The van der Waals surface area contributed by atoms with Crippen LogP contribution >= 0.6 is 0 Å². The topological polar surface area (TPSA) is 29.5 Å². The Kier molecular flexibility index (Phi) is 3.62. The summed E-state index contributed by atoms with van der Waals surface area (Å²) in [6.07, 6.45) is 5.23. The molecule has 0 N–H and O–H groups in total. The summed E-state index contributed by atoms with van der Waals surface area (Å²) in [6, 6.07) is 0.470. The first-order chi connectivity index (χ1) is 7.27. The van der Waals surface area contributed by atoms with Gasteiger partial charge < -0.3 is 9.64 Å². The van der Waals surface area contributed by atoms with Gasteiger partial charge in [-0.25, -0.2) is 0 Å². The minimum Gasteiger partial charge on any atom is -0.381 e. The third-order valence-electron chi connectivity index (χ3n) is 3.68. The van der Waals surface area contributed by atoms with E-state index in [9.17, 15) is 4.79 Å². The molecule has 2 aliphatic heterocycles. The Hall–Kier alpha value is -0.570. The molecular weight excluding hydrogens is 190 g/mol. The molecule has 0 spiro atoms. The van der Waals surface area contributed by atoms with Gasteiger partial charge in [0.25, 0.3) is 0 Å². The van der Waals surface area contributed by atoms with Crippen LogP contribution < -0.4 is 0 Å². The van der Waals surface area contributed by atoms with Crippen molar-refractivity contribution in [3.63, 3.8) is 0 Å². The summed E-state index contributed by atoms with van der Waals surface area (Å²) in [7, 11) is 0. The van der Waals surface area contributed by atoms with E-state index in [0.717, 1.165) is 39.0 Å². The van der Waals surface area contributed by atoms with Crippen LogP contribution in [-0.4, -0.2) is 36.6 Å². The molecule has 1 atom stereocenters. The van der Waals surface area contributed by atoms with Crippen LogP contribution in [-0.2, 0) is 9.53 Å². The molecular formula is C12H21NO2. The van der Waals surface area contributed by atoms with E-state index in [1.807, 2.05) is 0 Å². The number of hydrogen-bond donors (Lipinski definition) is 0. The summed E-state index contributed by atoms with van der Waals surface area (Å²) in [4.78, 5) is 14.1. The number of rotatable bonds is 2. The molecule has 1 amide bonds. The molecule has 0 saturated carbocycles. The lowest BCUT2D eigenvalue weighted by Crippen LogP contribution is -2.35. The summed E-state index contributed by atoms with van der Waals surface area (Å²) in [5.41, 5.74) is 0. The van der Waals surface area contributed by atoms with Gasteiger partial charge in [0.2, 0.25) is 5.91 Å². The standard InChI is InChI=1S/C12H21NO2/c1-10-3-2-6-13(10)12(14)9-11-4-7-15-8-5-11/h10-11H,2-9H2,1H3/t10-/m0/s1. The van der Waals surface area contributed by atoms with Gasteiger partial charge >= 0.3 is 0 Å². The molecule has 2 fully saturated rings. The highest BCUT2D eigenvalue weighted by molar-refractivity contribution is 5.77. The highest BCUT2D eigenvalue weighted by atomic mass is 16.5. The highest BCUT2D eigenvalue weighted by Crippen LogP contribution is 2.23. The molecule has 0 unspecified atom stereocenters. The van der Waals surface area contributed by atoms with Gasteiger partial charge in [0.15, 0.2) is 0 Å². The van der Waals surface area contributed by atoms with Crippen molar-refractivity contribution in [1.82, 2.24) is 4.90 Å². The van der Waals surface area contributed by atoms with E-state index < -0.39 is 0 Å². The number of ether oxygens (including phenoxy) is 1. The summed E-state index contributed by atoms with van der Waals surface area (Å²) in [6.45, 7) is 4.82. The van der Waals surface area contributed by atoms with Crippen LogP contribution in [0.5, 0.6) is 0 Å². The summed E-state index contributed by atoms with van der Waals surface area (Å²) < 4.78 is 5.30. The average Bonchev–Trinajstić information content (AvgIpc) is 2.66. The van der Waals surface area contributed by atoms with Gasteiger partial charge in [-0.15, -0.1) is 0 Å². The predicted octanol–water partition coefficient (Wildman–Crippen LogP) is 1.81. The fraction of sp³-hybridized carbons (Fsp3) is 0.917. The Morgan fingerprint density at radius 1 is 1.33 bits per heavy atom. The SMILES string of the molecule is C[C@H]1CCCN1C(=O)CC1CCOCC1. The Balaban J connectivity index is 1.80. The van der Waals surface area contributed by atoms with Crippen molar-refractivity contribution in [1.29, 1.82) is 0 Å². The smallest absolute Gasteiger partial charge is 0.223 e. The molecule has 2 rings (SSSR count). The molecule has 0 bridgehead atoms. The van der Waals surface area contributed by atoms with Crippen LogP contribution in [0.25, 0.3) is 0 Å². The van der Waals surface area contributed by atoms with Crippen LogP contribution in [0, 0.1) is 5.92 Å². The van der Waals surface area contributed by atoms with Crippen LogP contribution in [0.3, 0.4) is 0 Å². The molecule has 0 aromatic rings. The second kappa shape index (κ2) is 4.97. The van der Waals surface area contributed by atoms with Crippen LogP contribution in [0.4, 0.5) is 0 Å². The Morgan fingerprint density at radius 2 is 2.07 bits per heavy atom. The van der Waals surface area contributed by atoms with Crippen LogP contribution in [0.2, 0.25) is 0 Å². The summed E-state index contributed by atoms with van der Waals surface area (Å²) >= 11 is 0. The average molecular weight is 211 g/mol. The minimum atomic E-state index is 0.368. The molecule has 15 heavy (non-hydrogen) atoms. The third-order valence-corrected chi connectivity index (χ3v) is 3.68. The predicted molar refractivity (Wildman–Crippen MR) is 58.6 cm³/mol. The van der Waals surface area contributed by atoms with Gasteiger partial charge in [0.05, 0.1) is 0 Å². The zero-order valence-corrected chi connectivity index (χ0v) is 9.58. The summed E-state index contributed by atoms with van der Waals surface area (Å²) in [5, 5.41) is 0. The normalized spacial score (nSPS) is 28.3. The number of hydrogen-bond acceptors (Lipinski definition) is 2. The van der Waals surface area contributed by atoms with E-state index >= 15 is 0 Å². The molecule has 2 saturated heterocycles. The summed E-state index contributed by atoms with van der Waals surface area (Å²) in [5.74, 6) is 0.936. The molecule has 0 aromatic carbocycles. The molecule has 0 aromatic heterocycles. The zero-order chi connectivity index (χ0) is 10.7. The number of nitrogens with zero attached hydrogens (tertiary/aromatic N) is 1. The minimum absolute atomic E-state index is 0.368. The first kappa shape index (κ1) is 10.9. The molecule has 0 radical (unpaired) electrons. The van der Waals surface area contributed by atoms with E-state index in [1.54, 1.807) is 0 Å². The Morgan fingerprint density at radius 3 is 2.67 bits per heavy atom. The maximum Gasteiger partial charge on any atom is 0.223 e. The highest BCUT2D eigenvalue weighted by Gasteiger charge is 2.27. The van der Waals surface area contributed by atoms with Gasteiger partial charge in [-0.2, -0.15) is 0 Å². The molecule has 2 heterocycles. The van der Waals surface area contributed by atoms with Crippen molar-refractivity contribution in [2.24, 2.45) is 5.92 Å². The second-order valence-corrected chi connectivity index (χ2v) is 4.84. The first-order valence-corrected chi connectivity index (χ1v) is 6.14. The van der Waals surface area contributed by atoms with E-state index in [4.69, 9.17) is 4.74 Å². The van der Waals surface area contributed by atoms with E-state index in [1.165, 1.54) is 12.8 Å². The van der Waals surface area contributed by atoms with Gasteiger partial charge in [0, 0.05) is 32.2 Å². The van der Waals surface area contributed by atoms with Gasteiger partial charge in [0.1, 0.15) is 0 Å². The van der Waals surface area contributed by atoms with Crippen LogP contribution in [0.15, 0.2) is 0 Å². The Bertz CT molecular complexity index is 224. The zero-order valence-electron chi connectivity index (χ0n) is 9.58. The molecule has 86 valence electrons. The third kappa shape index (κ3) is 2.71. The van der Waals surface area contributed by atoms with Gasteiger partial charge in [-0.3, -0.25) is 4.79 Å². The maximum absolute atomic E-state index is 12.0. The van der Waals surface area contributed by atoms with Crippen molar-refractivity contribution in [3.05, 3.63) is 0 Å². The number of carbonyl (C=O) groups is 1. The Labute approximate surface area is 91.8 Å². The monoisotopic (exact) mass is 211 g/mol.